The lowest BCUT2D eigenvalue weighted by atomic mass is 10.2. The summed E-state index contributed by atoms with van der Waals surface area (Å²) in [6.07, 6.45) is 1.89. The third-order valence-corrected chi connectivity index (χ3v) is 3.97. The fraction of sp³-hybridized carbons (Fsp3) is 0.538. The fourth-order valence-electron chi connectivity index (χ4n) is 2.84. The van der Waals surface area contributed by atoms with Crippen LogP contribution in [0, 0.1) is 6.92 Å². The maximum Gasteiger partial charge on any atom is 0.143 e. The summed E-state index contributed by atoms with van der Waals surface area (Å²) in [4.78, 5) is 8.43. The fourth-order valence-corrected chi connectivity index (χ4v) is 2.84. The van der Waals surface area contributed by atoms with Gasteiger partial charge in [-0.25, -0.2) is 9.97 Å². The molecule has 0 bridgehead atoms. The number of nitrogens with zero attached hydrogens (tertiary/aromatic N) is 3. The Morgan fingerprint density at radius 1 is 1.32 bits per heavy atom. The largest absolute Gasteiger partial charge is 0.388 e. The minimum atomic E-state index is -0.865. The Hall–Kier alpha value is -1.50. The van der Waals surface area contributed by atoms with E-state index in [1.165, 1.54) is 6.33 Å². The topological polar surface area (TPSA) is 80.4 Å². The second-order valence-corrected chi connectivity index (χ2v) is 4.98. The number of hydrogen-bond acceptors (Lipinski definition) is 5. The van der Waals surface area contributed by atoms with Crippen LogP contribution in [-0.2, 0) is 4.74 Å². The van der Waals surface area contributed by atoms with Gasteiger partial charge in [-0.3, -0.25) is 0 Å². The van der Waals surface area contributed by atoms with Gasteiger partial charge >= 0.3 is 0 Å². The van der Waals surface area contributed by atoms with E-state index in [2.05, 4.69) is 9.97 Å². The molecule has 1 saturated carbocycles. The Labute approximate surface area is 110 Å². The van der Waals surface area contributed by atoms with Crippen LogP contribution in [0.4, 0.5) is 0 Å². The monoisotopic (exact) mass is 263 g/mol. The maximum atomic E-state index is 10.2. The normalized spacial score (nSPS) is 31.2. The van der Waals surface area contributed by atoms with E-state index >= 15 is 0 Å². The Morgan fingerprint density at radius 2 is 2.11 bits per heavy atom. The van der Waals surface area contributed by atoms with Gasteiger partial charge in [-0.05, 0) is 19.4 Å². The first-order chi connectivity index (χ1) is 9.13. The van der Waals surface area contributed by atoms with Crippen LogP contribution >= 0.6 is 0 Å². The quantitative estimate of drug-likeness (QED) is 0.821. The molecule has 0 saturated heterocycles. The highest BCUT2D eigenvalue weighted by molar-refractivity contribution is 5.78. The minimum absolute atomic E-state index is 0.230. The predicted octanol–water partition coefficient (Wildman–Crippen LogP) is 0.421. The Kier molecular flexibility index (Phi) is 3.00. The molecule has 2 N–H and O–H groups in total. The van der Waals surface area contributed by atoms with Crippen LogP contribution in [0.1, 0.15) is 18.2 Å². The molecular weight excluding hydrogens is 246 g/mol. The highest BCUT2D eigenvalue weighted by Gasteiger charge is 2.43. The molecule has 6 heteroatoms. The Balaban J connectivity index is 2.04. The number of aryl methyl sites for hydroxylation is 1. The highest BCUT2D eigenvalue weighted by Crippen LogP contribution is 2.34. The summed E-state index contributed by atoms with van der Waals surface area (Å²) < 4.78 is 7.10. The molecule has 2 aromatic heterocycles. The van der Waals surface area contributed by atoms with Gasteiger partial charge in [0.2, 0.25) is 0 Å². The van der Waals surface area contributed by atoms with Crippen LogP contribution in [-0.4, -0.2) is 50.2 Å². The van der Waals surface area contributed by atoms with Gasteiger partial charge in [-0.2, -0.15) is 0 Å². The van der Waals surface area contributed by atoms with Gasteiger partial charge in [-0.15, -0.1) is 0 Å². The van der Waals surface area contributed by atoms with Crippen molar-refractivity contribution in [1.82, 2.24) is 14.5 Å². The molecule has 2 heterocycles. The smallest absolute Gasteiger partial charge is 0.143 e. The minimum Gasteiger partial charge on any atom is -0.388 e. The SMILES string of the molecule is CO[C@H]1C[C@@H](n2ccc3c(C)ncnc32)[C@H](O)[C@@H]1O. The molecule has 0 aliphatic heterocycles. The lowest BCUT2D eigenvalue weighted by Gasteiger charge is -2.18. The highest BCUT2D eigenvalue weighted by atomic mass is 16.5. The van der Waals surface area contributed by atoms with Crippen molar-refractivity contribution >= 4 is 11.0 Å². The van der Waals surface area contributed by atoms with Crippen molar-refractivity contribution in [2.45, 2.75) is 37.7 Å². The number of hydrogen-bond donors (Lipinski definition) is 2. The first-order valence-corrected chi connectivity index (χ1v) is 6.30. The van der Waals surface area contributed by atoms with Gasteiger partial charge in [0.15, 0.2) is 0 Å². The van der Waals surface area contributed by atoms with Crippen LogP contribution in [0.25, 0.3) is 11.0 Å². The standard InChI is InChI=1S/C13H17N3O3/c1-7-8-3-4-16(13(8)15-6-14-7)9-5-10(19-2)12(18)11(9)17/h3-4,6,9-12,17-18H,5H2,1-2H3/t9-,10+,11+,12-/m1/s1. The molecule has 6 nitrogen and oxygen atoms in total. The molecule has 1 aliphatic carbocycles. The van der Waals surface area contributed by atoms with Crippen molar-refractivity contribution in [3.05, 3.63) is 24.3 Å². The van der Waals surface area contributed by atoms with E-state index in [4.69, 9.17) is 4.74 Å². The van der Waals surface area contributed by atoms with Gasteiger partial charge in [0, 0.05) is 18.7 Å². The van der Waals surface area contributed by atoms with Gasteiger partial charge in [0.1, 0.15) is 24.2 Å². The van der Waals surface area contributed by atoms with Crippen LogP contribution in [0.5, 0.6) is 0 Å². The molecule has 3 rings (SSSR count). The first-order valence-electron chi connectivity index (χ1n) is 6.30. The van der Waals surface area contributed by atoms with Crippen LogP contribution < -0.4 is 0 Å². The molecule has 0 radical (unpaired) electrons. The van der Waals surface area contributed by atoms with Crippen molar-refractivity contribution in [1.29, 1.82) is 0 Å². The van der Waals surface area contributed by atoms with Gasteiger partial charge in [0.25, 0.3) is 0 Å². The van der Waals surface area contributed by atoms with E-state index in [1.807, 2.05) is 23.8 Å². The summed E-state index contributed by atoms with van der Waals surface area (Å²) in [5, 5.41) is 21.1. The summed E-state index contributed by atoms with van der Waals surface area (Å²) in [7, 11) is 1.54. The van der Waals surface area contributed by atoms with Crippen LogP contribution in [0.15, 0.2) is 18.6 Å². The molecule has 0 amide bonds. The molecular formula is C13H17N3O3. The molecule has 1 aliphatic rings. The molecule has 2 aromatic rings. The number of methoxy groups -OCH3 is 1. The number of fused-ring (bicyclic) bond motifs is 1. The number of rotatable bonds is 2. The first kappa shape index (κ1) is 12.5. The summed E-state index contributed by atoms with van der Waals surface area (Å²) in [5.41, 5.74) is 1.68. The third kappa shape index (κ3) is 1.83. The number of aliphatic hydroxyl groups is 2. The van der Waals surface area contributed by atoms with Crippen molar-refractivity contribution in [2.24, 2.45) is 0 Å². The van der Waals surface area contributed by atoms with E-state index in [9.17, 15) is 10.2 Å². The van der Waals surface area contributed by atoms with Crippen LogP contribution in [0.3, 0.4) is 0 Å². The Bertz CT molecular complexity index is 598. The second kappa shape index (κ2) is 4.56. The van der Waals surface area contributed by atoms with Crippen molar-refractivity contribution in [3.63, 3.8) is 0 Å². The number of aliphatic hydroxyl groups excluding tert-OH is 2. The lowest BCUT2D eigenvalue weighted by Crippen LogP contribution is -2.32. The number of aromatic nitrogens is 3. The lowest BCUT2D eigenvalue weighted by molar-refractivity contribution is -0.0404. The van der Waals surface area contributed by atoms with E-state index in [1.54, 1.807) is 7.11 Å². The third-order valence-electron chi connectivity index (χ3n) is 3.97. The van der Waals surface area contributed by atoms with Crippen molar-refractivity contribution in [3.8, 4) is 0 Å². The van der Waals surface area contributed by atoms with E-state index in [0.717, 1.165) is 16.7 Å². The summed E-state index contributed by atoms with van der Waals surface area (Å²) in [6, 6.07) is 1.70. The summed E-state index contributed by atoms with van der Waals surface area (Å²) in [6.45, 7) is 1.92. The molecule has 19 heavy (non-hydrogen) atoms. The maximum absolute atomic E-state index is 10.2. The zero-order chi connectivity index (χ0) is 13.6. The zero-order valence-electron chi connectivity index (χ0n) is 10.9. The average molecular weight is 263 g/mol. The molecule has 4 atom stereocenters. The average Bonchev–Trinajstić information content (AvgIpc) is 2.94. The molecule has 0 spiro atoms. The van der Waals surface area contributed by atoms with Gasteiger partial charge in [-0.1, -0.05) is 0 Å². The van der Waals surface area contributed by atoms with E-state index in [0.29, 0.717) is 6.42 Å². The molecule has 0 aromatic carbocycles. The van der Waals surface area contributed by atoms with Crippen molar-refractivity contribution < 1.29 is 14.9 Å². The van der Waals surface area contributed by atoms with E-state index in [-0.39, 0.29) is 12.1 Å². The molecule has 0 unspecified atom stereocenters. The summed E-state index contributed by atoms with van der Waals surface area (Å²) >= 11 is 0. The van der Waals surface area contributed by atoms with Gasteiger partial charge in [0.05, 0.1) is 17.8 Å². The van der Waals surface area contributed by atoms with Gasteiger partial charge < -0.3 is 19.5 Å². The second-order valence-electron chi connectivity index (χ2n) is 4.98. The van der Waals surface area contributed by atoms with Crippen molar-refractivity contribution in [2.75, 3.05) is 7.11 Å². The molecule has 1 fully saturated rings. The van der Waals surface area contributed by atoms with E-state index < -0.39 is 12.2 Å². The Morgan fingerprint density at radius 3 is 2.79 bits per heavy atom. The number of ether oxygens (including phenoxy) is 1. The molecule has 102 valence electrons. The zero-order valence-corrected chi connectivity index (χ0v) is 10.9. The van der Waals surface area contributed by atoms with Crippen LogP contribution in [0.2, 0.25) is 0 Å². The summed E-state index contributed by atoms with van der Waals surface area (Å²) in [5.74, 6) is 0. The predicted molar refractivity (Wildman–Crippen MR) is 68.7 cm³/mol.